The largest absolute Gasteiger partial charge is 0.322 e. The molecule has 5 aliphatic rings. The fourth-order valence-electron chi connectivity index (χ4n) is 6.15. The summed E-state index contributed by atoms with van der Waals surface area (Å²) in [6.45, 7) is 3.96. The number of benzene rings is 2. The molecule has 0 unspecified atom stereocenters. The molecular formula is C26H24N2O3. The van der Waals surface area contributed by atoms with Crippen molar-refractivity contribution in [2.75, 3.05) is 10.2 Å². The number of rotatable bonds is 3. The predicted octanol–water partition coefficient (Wildman–Crippen LogP) is 4.11. The molecule has 6 atom stereocenters. The Bertz CT molecular complexity index is 1150. The molecule has 0 radical (unpaired) electrons. The molecule has 1 N–H and O–H groups in total. The third kappa shape index (κ3) is 2.65. The lowest BCUT2D eigenvalue weighted by atomic mass is 9.63. The molecule has 7 rings (SSSR count). The Kier molecular flexibility index (Phi) is 3.83. The number of anilines is 2. The van der Waals surface area contributed by atoms with Crippen LogP contribution in [0.4, 0.5) is 11.4 Å². The van der Waals surface area contributed by atoms with Crippen molar-refractivity contribution >= 4 is 29.1 Å². The second-order valence-electron chi connectivity index (χ2n) is 9.49. The summed E-state index contributed by atoms with van der Waals surface area (Å²) < 4.78 is 0. The molecule has 2 saturated carbocycles. The average molecular weight is 412 g/mol. The van der Waals surface area contributed by atoms with E-state index in [0.29, 0.717) is 23.1 Å². The van der Waals surface area contributed by atoms with Crippen LogP contribution >= 0.6 is 0 Å². The fourth-order valence-corrected chi connectivity index (χ4v) is 6.15. The summed E-state index contributed by atoms with van der Waals surface area (Å²) in [6.07, 6.45) is 5.48. The zero-order valence-electron chi connectivity index (χ0n) is 17.5. The molecule has 5 nitrogen and oxygen atoms in total. The number of imide groups is 1. The van der Waals surface area contributed by atoms with E-state index < -0.39 is 0 Å². The molecule has 0 aromatic heterocycles. The van der Waals surface area contributed by atoms with Gasteiger partial charge in [0.1, 0.15) is 0 Å². The van der Waals surface area contributed by atoms with E-state index in [1.807, 2.05) is 32.0 Å². The van der Waals surface area contributed by atoms with Gasteiger partial charge in [-0.15, -0.1) is 0 Å². The standard InChI is InChI=1S/C26H24N2O3/c1-13-6-9-21(14(2)10-13)27-24(29)15-4-3-5-16(11-15)28-25(30)22-17-7-8-18(20-12-19(17)20)23(22)26(28)31/h3-11,17-20,22-23H,12H2,1-2H3,(H,27,29)/t17-,18-,19-,20+,22+,23+/m0/s1. The lowest BCUT2D eigenvalue weighted by Gasteiger charge is -2.37. The first-order valence-corrected chi connectivity index (χ1v) is 11.0. The van der Waals surface area contributed by atoms with Gasteiger partial charge in [0.25, 0.3) is 5.91 Å². The van der Waals surface area contributed by atoms with Gasteiger partial charge in [0, 0.05) is 11.3 Å². The molecule has 31 heavy (non-hydrogen) atoms. The van der Waals surface area contributed by atoms with Crippen LogP contribution in [0.1, 0.15) is 27.9 Å². The Labute approximate surface area is 181 Å². The average Bonchev–Trinajstić information content (AvgIpc) is 3.53. The van der Waals surface area contributed by atoms with E-state index in [-0.39, 0.29) is 41.4 Å². The van der Waals surface area contributed by atoms with Gasteiger partial charge < -0.3 is 5.32 Å². The monoisotopic (exact) mass is 412 g/mol. The smallest absolute Gasteiger partial charge is 0.255 e. The van der Waals surface area contributed by atoms with Crippen LogP contribution in [-0.2, 0) is 9.59 Å². The summed E-state index contributed by atoms with van der Waals surface area (Å²) in [5.41, 5.74) is 3.79. The van der Waals surface area contributed by atoms with Crippen molar-refractivity contribution in [2.24, 2.45) is 35.5 Å². The highest BCUT2D eigenvalue weighted by Crippen LogP contribution is 2.65. The number of allylic oxidation sites excluding steroid dienone is 2. The van der Waals surface area contributed by atoms with Crippen molar-refractivity contribution in [3.63, 3.8) is 0 Å². The molecule has 5 heteroatoms. The number of aryl methyl sites for hydroxylation is 2. The highest BCUT2D eigenvalue weighted by molar-refractivity contribution is 6.23. The topological polar surface area (TPSA) is 66.5 Å². The first-order chi connectivity index (χ1) is 14.9. The number of hydrogen-bond acceptors (Lipinski definition) is 3. The van der Waals surface area contributed by atoms with Crippen molar-refractivity contribution < 1.29 is 14.4 Å². The van der Waals surface area contributed by atoms with E-state index in [1.54, 1.807) is 24.3 Å². The van der Waals surface area contributed by atoms with E-state index in [1.165, 1.54) is 4.90 Å². The summed E-state index contributed by atoms with van der Waals surface area (Å²) in [7, 11) is 0. The van der Waals surface area contributed by atoms with Crippen molar-refractivity contribution in [3.8, 4) is 0 Å². The predicted molar refractivity (Wildman–Crippen MR) is 118 cm³/mol. The van der Waals surface area contributed by atoms with Gasteiger partial charge in [0.2, 0.25) is 11.8 Å². The van der Waals surface area contributed by atoms with E-state index >= 15 is 0 Å². The highest BCUT2D eigenvalue weighted by atomic mass is 16.2. The normalized spacial score (nSPS) is 32.1. The zero-order chi connectivity index (χ0) is 21.4. The molecule has 156 valence electrons. The molecular weight excluding hydrogens is 388 g/mol. The maximum Gasteiger partial charge on any atom is 0.255 e. The SMILES string of the molecule is Cc1ccc(NC(=O)c2cccc(N3C(=O)[C@@H]4[C@H]5C=C[C@@H]([C@@H]6C[C@H]56)[C@H]4C3=O)c2)c(C)c1. The highest BCUT2D eigenvalue weighted by Gasteiger charge is 2.67. The maximum absolute atomic E-state index is 13.3. The van der Waals surface area contributed by atoms with Gasteiger partial charge >= 0.3 is 0 Å². The third-order valence-corrected chi connectivity index (χ3v) is 7.66. The minimum atomic E-state index is -0.256. The zero-order valence-corrected chi connectivity index (χ0v) is 17.5. The van der Waals surface area contributed by atoms with Crippen LogP contribution in [0, 0.1) is 49.4 Å². The lowest BCUT2D eigenvalue weighted by molar-refractivity contribution is -0.124. The van der Waals surface area contributed by atoms with Crippen molar-refractivity contribution in [3.05, 3.63) is 71.3 Å². The van der Waals surface area contributed by atoms with E-state index in [4.69, 9.17) is 0 Å². The van der Waals surface area contributed by atoms with Gasteiger partial charge in [-0.3, -0.25) is 14.4 Å². The van der Waals surface area contributed by atoms with E-state index in [0.717, 1.165) is 23.2 Å². The van der Waals surface area contributed by atoms with Crippen molar-refractivity contribution in [1.82, 2.24) is 0 Å². The summed E-state index contributed by atoms with van der Waals surface area (Å²) in [6, 6.07) is 12.7. The van der Waals surface area contributed by atoms with Crippen LogP contribution in [0.3, 0.4) is 0 Å². The quantitative estimate of drug-likeness (QED) is 0.609. The van der Waals surface area contributed by atoms with Crippen molar-refractivity contribution in [2.45, 2.75) is 20.3 Å². The molecule has 2 aromatic rings. The minimum Gasteiger partial charge on any atom is -0.322 e. The molecule has 2 bridgehead atoms. The van der Waals surface area contributed by atoms with Crippen LogP contribution in [-0.4, -0.2) is 17.7 Å². The van der Waals surface area contributed by atoms with Crippen LogP contribution in [0.25, 0.3) is 0 Å². The number of nitrogens with one attached hydrogen (secondary N) is 1. The van der Waals surface area contributed by atoms with Crippen LogP contribution in [0.2, 0.25) is 0 Å². The van der Waals surface area contributed by atoms with Gasteiger partial charge in [-0.25, -0.2) is 4.90 Å². The second kappa shape index (κ2) is 6.39. The Morgan fingerprint density at radius 3 is 2.26 bits per heavy atom. The summed E-state index contributed by atoms with van der Waals surface area (Å²) in [5, 5.41) is 2.94. The third-order valence-electron chi connectivity index (χ3n) is 7.66. The Balaban J connectivity index is 1.28. The Morgan fingerprint density at radius 1 is 0.935 bits per heavy atom. The van der Waals surface area contributed by atoms with E-state index in [9.17, 15) is 14.4 Å². The molecule has 1 aliphatic heterocycles. The fraction of sp³-hybridized carbons (Fsp3) is 0.346. The van der Waals surface area contributed by atoms with Gasteiger partial charge in [-0.2, -0.15) is 0 Å². The van der Waals surface area contributed by atoms with Gasteiger partial charge in [0.15, 0.2) is 0 Å². The molecule has 4 aliphatic carbocycles. The number of amides is 3. The molecule has 2 aromatic carbocycles. The molecule has 0 spiro atoms. The number of nitrogens with zero attached hydrogens (tertiary/aromatic N) is 1. The van der Waals surface area contributed by atoms with Crippen molar-refractivity contribution in [1.29, 1.82) is 0 Å². The molecule has 1 saturated heterocycles. The van der Waals surface area contributed by atoms with Crippen LogP contribution < -0.4 is 10.2 Å². The van der Waals surface area contributed by atoms with Gasteiger partial charge in [-0.1, -0.05) is 35.9 Å². The lowest BCUT2D eigenvalue weighted by Crippen LogP contribution is -2.40. The first kappa shape index (κ1) is 18.6. The molecule has 1 heterocycles. The number of carbonyl (C=O) groups excluding carboxylic acids is 3. The van der Waals surface area contributed by atoms with E-state index in [2.05, 4.69) is 17.5 Å². The molecule has 3 amide bonds. The van der Waals surface area contributed by atoms with Crippen LogP contribution in [0.15, 0.2) is 54.6 Å². The minimum absolute atomic E-state index is 0.105. The van der Waals surface area contributed by atoms with Crippen LogP contribution in [0.5, 0.6) is 0 Å². The summed E-state index contributed by atoms with van der Waals surface area (Å²) in [5.74, 6) is 0.588. The maximum atomic E-state index is 13.3. The Morgan fingerprint density at radius 2 is 1.61 bits per heavy atom. The first-order valence-electron chi connectivity index (χ1n) is 11.0. The summed E-state index contributed by atoms with van der Waals surface area (Å²) in [4.78, 5) is 40.9. The number of hydrogen-bond donors (Lipinski definition) is 1. The second-order valence-corrected chi connectivity index (χ2v) is 9.49. The van der Waals surface area contributed by atoms with Gasteiger partial charge in [0.05, 0.1) is 17.5 Å². The Hall–Kier alpha value is -3.21. The number of carbonyl (C=O) groups is 3. The molecule has 3 fully saturated rings. The van der Waals surface area contributed by atoms with Gasteiger partial charge in [-0.05, 0) is 73.8 Å². The summed E-state index contributed by atoms with van der Waals surface area (Å²) >= 11 is 0.